The molecule has 8 heteroatoms. The Bertz CT molecular complexity index is 1740. The predicted molar refractivity (Wildman–Crippen MR) is 168 cm³/mol. The molecule has 0 unspecified atom stereocenters. The summed E-state index contributed by atoms with van der Waals surface area (Å²) in [6, 6.07) is 25.9. The van der Waals surface area contributed by atoms with E-state index < -0.39 is 5.97 Å². The van der Waals surface area contributed by atoms with Crippen molar-refractivity contribution in [3.63, 3.8) is 0 Å². The molecule has 0 atom stereocenters. The third-order valence-electron chi connectivity index (χ3n) is 6.79. The lowest BCUT2D eigenvalue weighted by Gasteiger charge is -2.10. The van der Waals surface area contributed by atoms with Gasteiger partial charge in [-0.1, -0.05) is 53.5 Å². The second kappa shape index (κ2) is 13.0. The zero-order valence-corrected chi connectivity index (χ0v) is 24.6. The highest BCUT2D eigenvalue weighted by Gasteiger charge is 2.12. The molecule has 0 spiro atoms. The van der Waals surface area contributed by atoms with Gasteiger partial charge >= 0.3 is 5.97 Å². The summed E-state index contributed by atoms with van der Waals surface area (Å²) in [6.07, 6.45) is 5.95. The Morgan fingerprint density at radius 2 is 1.67 bits per heavy atom. The van der Waals surface area contributed by atoms with Gasteiger partial charge in [-0.05, 0) is 90.4 Å². The minimum atomic E-state index is -0.948. The molecule has 0 radical (unpaired) electrons. The Morgan fingerprint density at radius 3 is 2.33 bits per heavy atom. The molecule has 6 nitrogen and oxygen atoms in total. The van der Waals surface area contributed by atoms with Crippen molar-refractivity contribution in [3.8, 4) is 33.9 Å². The summed E-state index contributed by atoms with van der Waals surface area (Å²) >= 11 is 12.5. The zero-order chi connectivity index (χ0) is 29.6. The number of aromatic nitrogens is 2. The van der Waals surface area contributed by atoms with Crippen LogP contribution in [0.4, 0.5) is 0 Å². The summed E-state index contributed by atoms with van der Waals surface area (Å²) in [5, 5.41) is 10.2. The van der Waals surface area contributed by atoms with Gasteiger partial charge in [-0.3, -0.25) is 0 Å². The molecule has 5 rings (SSSR count). The van der Waals surface area contributed by atoms with Gasteiger partial charge in [0, 0.05) is 28.9 Å². The van der Waals surface area contributed by atoms with Crippen molar-refractivity contribution in [3.05, 3.63) is 124 Å². The van der Waals surface area contributed by atoms with Crippen molar-refractivity contribution >= 4 is 41.3 Å². The van der Waals surface area contributed by atoms with Crippen LogP contribution in [-0.4, -0.2) is 27.7 Å². The summed E-state index contributed by atoms with van der Waals surface area (Å²) in [7, 11) is 1.65. The first-order valence-electron chi connectivity index (χ1n) is 13.3. The van der Waals surface area contributed by atoms with E-state index in [2.05, 4.69) is 17.6 Å². The van der Waals surface area contributed by atoms with E-state index in [-0.39, 0.29) is 5.56 Å². The number of nitrogens with zero attached hydrogens (tertiary/aromatic N) is 2. The van der Waals surface area contributed by atoms with Gasteiger partial charge in [-0.2, -0.15) is 0 Å². The van der Waals surface area contributed by atoms with Crippen molar-refractivity contribution in [2.45, 2.75) is 20.1 Å². The van der Waals surface area contributed by atoms with Crippen LogP contribution in [0.25, 0.3) is 34.5 Å². The van der Waals surface area contributed by atoms with Crippen LogP contribution in [0.1, 0.15) is 34.2 Å². The van der Waals surface area contributed by atoms with E-state index in [1.165, 1.54) is 0 Å². The van der Waals surface area contributed by atoms with Gasteiger partial charge in [0.05, 0.1) is 23.4 Å². The largest absolute Gasteiger partial charge is 0.496 e. The number of halogens is 2. The third kappa shape index (κ3) is 6.68. The average Bonchev–Trinajstić information content (AvgIpc) is 3.42. The van der Waals surface area contributed by atoms with E-state index in [0.717, 1.165) is 57.4 Å². The number of methoxy groups -OCH3 is 1. The van der Waals surface area contributed by atoms with E-state index in [4.69, 9.17) is 42.8 Å². The van der Waals surface area contributed by atoms with Crippen molar-refractivity contribution in [2.75, 3.05) is 7.11 Å². The number of benzene rings is 4. The fraction of sp³-hybridized carbons (Fsp3) is 0.118. The predicted octanol–water partition coefficient (Wildman–Crippen LogP) is 9.00. The molecule has 0 bridgehead atoms. The topological polar surface area (TPSA) is 73.6 Å². The molecule has 0 fully saturated rings. The molecule has 0 aliphatic heterocycles. The number of carbonyl (C=O) groups is 1. The van der Waals surface area contributed by atoms with Crippen LogP contribution in [-0.2, 0) is 13.2 Å². The molecule has 1 aromatic heterocycles. The fourth-order valence-electron chi connectivity index (χ4n) is 4.51. The highest BCUT2D eigenvalue weighted by molar-refractivity contribution is 6.36. The molecular weight excluding hydrogens is 571 g/mol. The lowest BCUT2D eigenvalue weighted by atomic mass is 10.0. The number of carboxylic acid groups (broad SMARTS) is 1. The average molecular weight is 600 g/mol. The van der Waals surface area contributed by atoms with E-state index in [9.17, 15) is 4.79 Å². The molecule has 0 saturated carbocycles. The van der Waals surface area contributed by atoms with Gasteiger partial charge in [0.1, 0.15) is 23.9 Å². The van der Waals surface area contributed by atoms with E-state index >= 15 is 0 Å². The molecule has 0 amide bonds. The van der Waals surface area contributed by atoms with Gasteiger partial charge in [-0.15, -0.1) is 0 Å². The first-order chi connectivity index (χ1) is 20.3. The fourth-order valence-corrected chi connectivity index (χ4v) is 5.01. The van der Waals surface area contributed by atoms with E-state index in [0.29, 0.717) is 16.7 Å². The quantitative estimate of drug-likeness (QED) is 0.173. The molecule has 212 valence electrons. The number of aryl methyl sites for hydroxylation is 1. The van der Waals surface area contributed by atoms with Crippen LogP contribution in [0, 0.1) is 0 Å². The molecule has 0 saturated heterocycles. The van der Waals surface area contributed by atoms with Gasteiger partial charge in [0.15, 0.2) is 0 Å². The van der Waals surface area contributed by atoms with Crippen molar-refractivity contribution in [1.82, 2.24) is 9.55 Å². The minimum absolute atomic E-state index is 0.250. The van der Waals surface area contributed by atoms with Crippen LogP contribution in [0.3, 0.4) is 0 Å². The van der Waals surface area contributed by atoms with Gasteiger partial charge in [0.2, 0.25) is 0 Å². The van der Waals surface area contributed by atoms with Crippen LogP contribution in [0.5, 0.6) is 11.5 Å². The maximum absolute atomic E-state index is 11.0. The summed E-state index contributed by atoms with van der Waals surface area (Å²) in [5.41, 5.74) is 5.71. The number of carboxylic acids is 1. The Kier molecular flexibility index (Phi) is 8.96. The maximum Gasteiger partial charge on any atom is 0.335 e. The van der Waals surface area contributed by atoms with Crippen LogP contribution in [0.15, 0.2) is 91.1 Å². The molecule has 0 aliphatic carbocycles. The van der Waals surface area contributed by atoms with Crippen LogP contribution >= 0.6 is 23.2 Å². The second-order valence-electron chi connectivity index (χ2n) is 9.50. The number of aromatic carboxylic acids is 1. The van der Waals surface area contributed by atoms with Gasteiger partial charge in [0.25, 0.3) is 0 Å². The summed E-state index contributed by atoms with van der Waals surface area (Å²) < 4.78 is 13.6. The smallest absolute Gasteiger partial charge is 0.335 e. The van der Waals surface area contributed by atoms with Gasteiger partial charge in [-0.25, -0.2) is 9.78 Å². The zero-order valence-electron chi connectivity index (χ0n) is 23.1. The number of imidazole rings is 1. The lowest BCUT2D eigenvalue weighted by Crippen LogP contribution is -1.98. The van der Waals surface area contributed by atoms with Crippen LogP contribution < -0.4 is 9.47 Å². The Balaban J connectivity index is 1.33. The molecule has 0 aliphatic rings. The number of hydrogen-bond donors (Lipinski definition) is 1. The molecule has 1 N–H and O–H groups in total. The van der Waals surface area contributed by atoms with Crippen molar-refractivity contribution < 1.29 is 19.4 Å². The first kappa shape index (κ1) is 29.0. The normalized spacial score (nSPS) is 11.1. The second-order valence-corrected chi connectivity index (χ2v) is 10.3. The molecular formula is C34H28Cl2N2O4. The molecule has 5 aromatic rings. The van der Waals surface area contributed by atoms with Crippen LogP contribution in [0.2, 0.25) is 10.0 Å². The third-order valence-corrected chi connectivity index (χ3v) is 7.34. The van der Waals surface area contributed by atoms with E-state index in [1.54, 1.807) is 43.5 Å². The van der Waals surface area contributed by atoms with Gasteiger partial charge < -0.3 is 19.1 Å². The summed E-state index contributed by atoms with van der Waals surface area (Å²) in [6.45, 7) is 3.16. The Hall–Kier alpha value is -4.52. The molecule has 4 aromatic carbocycles. The van der Waals surface area contributed by atoms with E-state index in [1.807, 2.05) is 60.8 Å². The lowest BCUT2D eigenvalue weighted by molar-refractivity contribution is 0.0697. The molecule has 1 heterocycles. The summed E-state index contributed by atoms with van der Waals surface area (Å²) in [5.74, 6) is 1.32. The minimum Gasteiger partial charge on any atom is -0.496 e. The summed E-state index contributed by atoms with van der Waals surface area (Å²) in [4.78, 5) is 15.9. The first-order valence-corrected chi connectivity index (χ1v) is 14.0. The number of ether oxygens (including phenoxy) is 2. The Morgan fingerprint density at radius 1 is 0.929 bits per heavy atom. The standard InChI is InChI=1S/C34H28Cl2N2O4/c1-3-38-20-31(29-15-12-27(35)19-30(29)36)37-33(38)17-11-26-18-25(10-16-32(26)41-2)23-8-13-28(14-9-23)42-21-22-4-6-24(7-5-22)34(39)40/h4-20H,3,21H2,1-2H3,(H,39,40)/b17-11+. The highest BCUT2D eigenvalue weighted by Crippen LogP contribution is 2.32. The monoisotopic (exact) mass is 598 g/mol. The molecule has 42 heavy (non-hydrogen) atoms. The Labute approximate surface area is 254 Å². The maximum atomic E-state index is 11.0. The van der Waals surface area contributed by atoms with Crippen molar-refractivity contribution in [1.29, 1.82) is 0 Å². The highest BCUT2D eigenvalue weighted by atomic mass is 35.5. The number of hydrogen-bond acceptors (Lipinski definition) is 4. The SMILES string of the molecule is CCn1cc(-c2ccc(Cl)cc2Cl)nc1/C=C/c1cc(-c2ccc(OCc3ccc(C(=O)O)cc3)cc2)ccc1OC. The number of rotatable bonds is 10. The van der Waals surface area contributed by atoms with Crippen molar-refractivity contribution in [2.24, 2.45) is 0 Å².